The van der Waals surface area contributed by atoms with Gasteiger partial charge >= 0.3 is 5.97 Å². The molecule has 0 aliphatic carbocycles. The van der Waals surface area contributed by atoms with E-state index in [9.17, 15) is 9.59 Å². The predicted molar refractivity (Wildman–Crippen MR) is 84.0 cm³/mol. The maximum absolute atomic E-state index is 11.9. The van der Waals surface area contributed by atoms with Crippen LogP contribution in [-0.2, 0) is 9.59 Å². The molecule has 1 aromatic rings. The van der Waals surface area contributed by atoms with Crippen LogP contribution in [0.2, 0.25) is 10.0 Å². The van der Waals surface area contributed by atoms with E-state index in [0.29, 0.717) is 28.8 Å². The molecule has 0 saturated heterocycles. The molecule has 0 unspecified atom stereocenters. The number of para-hydroxylation sites is 1. The predicted octanol–water partition coefficient (Wildman–Crippen LogP) is 2.89. The van der Waals surface area contributed by atoms with Gasteiger partial charge in [0.25, 0.3) is 0 Å². The molecule has 0 aliphatic rings. The van der Waals surface area contributed by atoms with Gasteiger partial charge in [0.15, 0.2) is 0 Å². The number of benzene rings is 1. The fourth-order valence-corrected chi connectivity index (χ4v) is 2.18. The molecule has 0 saturated carbocycles. The molecule has 7 heteroatoms. The SMILES string of the molecule is C=CCN(CCC(=O)Nc1c(Cl)cccc1Cl)CC(=O)O. The first-order chi connectivity index (χ1) is 9.93. The Morgan fingerprint density at radius 2 is 1.95 bits per heavy atom. The second kappa shape index (κ2) is 8.67. The van der Waals surface area contributed by atoms with E-state index in [4.69, 9.17) is 28.3 Å². The van der Waals surface area contributed by atoms with E-state index >= 15 is 0 Å². The maximum Gasteiger partial charge on any atom is 0.317 e. The van der Waals surface area contributed by atoms with Crippen LogP contribution in [0.15, 0.2) is 30.9 Å². The number of nitrogens with one attached hydrogen (secondary N) is 1. The summed E-state index contributed by atoms with van der Waals surface area (Å²) in [6.45, 7) is 4.10. The summed E-state index contributed by atoms with van der Waals surface area (Å²) in [6.07, 6.45) is 1.72. The molecule has 2 N–H and O–H groups in total. The molecule has 0 fully saturated rings. The van der Waals surface area contributed by atoms with Gasteiger partial charge in [0, 0.05) is 19.5 Å². The fourth-order valence-electron chi connectivity index (χ4n) is 1.69. The van der Waals surface area contributed by atoms with E-state index < -0.39 is 5.97 Å². The summed E-state index contributed by atoms with van der Waals surface area (Å²) in [5.74, 6) is -1.24. The minimum atomic E-state index is -0.952. The Morgan fingerprint density at radius 3 is 2.48 bits per heavy atom. The lowest BCUT2D eigenvalue weighted by Crippen LogP contribution is -2.32. The molecule has 0 atom stereocenters. The average Bonchev–Trinajstić information content (AvgIpc) is 2.40. The summed E-state index contributed by atoms with van der Waals surface area (Å²) >= 11 is 11.9. The quantitative estimate of drug-likeness (QED) is 0.719. The second-order valence-corrected chi connectivity index (χ2v) is 5.13. The topological polar surface area (TPSA) is 69.6 Å². The number of hydrogen-bond acceptors (Lipinski definition) is 3. The van der Waals surface area contributed by atoms with Crippen molar-refractivity contribution in [1.82, 2.24) is 4.90 Å². The van der Waals surface area contributed by atoms with E-state index in [0.717, 1.165) is 0 Å². The van der Waals surface area contributed by atoms with Crippen molar-refractivity contribution in [3.8, 4) is 0 Å². The van der Waals surface area contributed by atoms with Gasteiger partial charge in [-0.25, -0.2) is 0 Å². The summed E-state index contributed by atoms with van der Waals surface area (Å²) in [5.41, 5.74) is 0.360. The van der Waals surface area contributed by atoms with Crippen molar-refractivity contribution >= 4 is 40.8 Å². The Labute approximate surface area is 133 Å². The van der Waals surface area contributed by atoms with E-state index in [1.807, 2.05) is 0 Å². The number of halogens is 2. The van der Waals surface area contributed by atoms with Gasteiger partial charge in [0.1, 0.15) is 0 Å². The third-order valence-corrected chi connectivity index (χ3v) is 3.26. The van der Waals surface area contributed by atoms with Gasteiger partial charge in [-0.1, -0.05) is 35.3 Å². The lowest BCUT2D eigenvalue weighted by atomic mass is 10.3. The number of carboxylic acid groups (broad SMARTS) is 1. The zero-order chi connectivity index (χ0) is 15.8. The fraction of sp³-hybridized carbons (Fsp3) is 0.286. The average molecular weight is 331 g/mol. The van der Waals surface area contributed by atoms with Crippen molar-refractivity contribution in [2.24, 2.45) is 0 Å². The summed E-state index contributed by atoms with van der Waals surface area (Å²) in [4.78, 5) is 24.2. The summed E-state index contributed by atoms with van der Waals surface area (Å²) in [5, 5.41) is 12.1. The Hall–Kier alpha value is -1.56. The number of anilines is 1. The molecule has 21 heavy (non-hydrogen) atoms. The first-order valence-electron chi connectivity index (χ1n) is 6.23. The summed E-state index contributed by atoms with van der Waals surface area (Å²) in [6, 6.07) is 4.92. The van der Waals surface area contributed by atoms with Crippen molar-refractivity contribution in [1.29, 1.82) is 0 Å². The standard InChI is InChI=1S/C14H16Cl2N2O3/c1-2-7-18(9-13(20)21)8-6-12(19)17-14-10(15)4-3-5-11(14)16/h2-5H,1,6-9H2,(H,17,19)(H,20,21). The number of nitrogens with zero attached hydrogens (tertiary/aromatic N) is 1. The number of carbonyl (C=O) groups excluding carboxylic acids is 1. The van der Waals surface area contributed by atoms with Gasteiger partial charge in [-0.3, -0.25) is 14.5 Å². The molecule has 1 aromatic carbocycles. The minimum absolute atomic E-state index is 0.128. The number of amides is 1. The molecule has 0 radical (unpaired) electrons. The molecule has 1 rings (SSSR count). The normalized spacial score (nSPS) is 10.4. The lowest BCUT2D eigenvalue weighted by Gasteiger charge is -2.18. The van der Waals surface area contributed by atoms with Crippen LogP contribution in [0.3, 0.4) is 0 Å². The highest BCUT2D eigenvalue weighted by Gasteiger charge is 2.13. The molecule has 0 heterocycles. The second-order valence-electron chi connectivity index (χ2n) is 4.31. The number of carbonyl (C=O) groups is 2. The van der Waals surface area contributed by atoms with Crippen LogP contribution in [0.25, 0.3) is 0 Å². The molecule has 0 aromatic heterocycles. The van der Waals surface area contributed by atoms with Crippen LogP contribution in [-0.4, -0.2) is 41.5 Å². The Bertz CT molecular complexity index is 515. The van der Waals surface area contributed by atoms with Crippen molar-refractivity contribution < 1.29 is 14.7 Å². The van der Waals surface area contributed by atoms with Crippen LogP contribution in [0.5, 0.6) is 0 Å². The Morgan fingerprint density at radius 1 is 1.33 bits per heavy atom. The van der Waals surface area contributed by atoms with Crippen molar-refractivity contribution in [3.63, 3.8) is 0 Å². The zero-order valence-electron chi connectivity index (χ0n) is 11.3. The number of aliphatic carboxylic acids is 1. The van der Waals surface area contributed by atoms with Crippen LogP contribution < -0.4 is 5.32 Å². The first-order valence-corrected chi connectivity index (χ1v) is 6.98. The third-order valence-electron chi connectivity index (χ3n) is 2.63. The van der Waals surface area contributed by atoms with Crippen molar-refractivity contribution in [2.75, 3.05) is 25.0 Å². The molecular weight excluding hydrogens is 315 g/mol. The molecule has 1 amide bonds. The van der Waals surface area contributed by atoms with E-state index in [2.05, 4.69) is 11.9 Å². The molecule has 0 spiro atoms. The van der Waals surface area contributed by atoms with Gasteiger partial charge in [-0.2, -0.15) is 0 Å². The number of carboxylic acids is 1. The van der Waals surface area contributed by atoms with Crippen molar-refractivity contribution in [3.05, 3.63) is 40.9 Å². The highest BCUT2D eigenvalue weighted by molar-refractivity contribution is 6.39. The van der Waals surface area contributed by atoms with Crippen LogP contribution in [0.1, 0.15) is 6.42 Å². The van der Waals surface area contributed by atoms with E-state index in [-0.39, 0.29) is 18.9 Å². The molecule has 0 aliphatic heterocycles. The number of hydrogen-bond donors (Lipinski definition) is 2. The van der Waals surface area contributed by atoms with Gasteiger partial charge < -0.3 is 10.4 Å². The van der Waals surface area contributed by atoms with Crippen LogP contribution in [0.4, 0.5) is 5.69 Å². The van der Waals surface area contributed by atoms with Gasteiger partial charge in [0.2, 0.25) is 5.91 Å². The highest BCUT2D eigenvalue weighted by Crippen LogP contribution is 2.29. The first kappa shape index (κ1) is 17.5. The third kappa shape index (κ3) is 6.16. The minimum Gasteiger partial charge on any atom is -0.480 e. The molecular formula is C14H16Cl2N2O3. The molecule has 0 bridgehead atoms. The van der Waals surface area contributed by atoms with E-state index in [1.54, 1.807) is 29.2 Å². The van der Waals surface area contributed by atoms with Crippen LogP contribution in [0, 0.1) is 0 Å². The summed E-state index contributed by atoms with van der Waals surface area (Å²) in [7, 11) is 0. The molecule has 114 valence electrons. The zero-order valence-corrected chi connectivity index (χ0v) is 12.8. The van der Waals surface area contributed by atoms with Crippen molar-refractivity contribution in [2.45, 2.75) is 6.42 Å². The number of rotatable bonds is 8. The van der Waals surface area contributed by atoms with Gasteiger partial charge in [-0.15, -0.1) is 6.58 Å². The Balaban J connectivity index is 2.56. The maximum atomic E-state index is 11.9. The van der Waals surface area contributed by atoms with E-state index in [1.165, 1.54) is 0 Å². The monoisotopic (exact) mass is 330 g/mol. The van der Waals surface area contributed by atoms with Crippen LogP contribution >= 0.6 is 23.2 Å². The van der Waals surface area contributed by atoms with Gasteiger partial charge in [-0.05, 0) is 12.1 Å². The van der Waals surface area contributed by atoms with Gasteiger partial charge in [0.05, 0.1) is 22.3 Å². The highest BCUT2D eigenvalue weighted by atomic mass is 35.5. The summed E-state index contributed by atoms with van der Waals surface area (Å²) < 4.78 is 0. The lowest BCUT2D eigenvalue weighted by molar-refractivity contribution is -0.138. The molecule has 5 nitrogen and oxygen atoms in total. The smallest absolute Gasteiger partial charge is 0.317 e. The Kier molecular flexibility index (Phi) is 7.22. The largest absolute Gasteiger partial charge is 0.480 e.